The molecule has 0 bridgehead atoms. The third kappa shape index (κ3) is 4.71. The smallest absolute Gasteiger partial charge is 0.153 e. The number of nitrogens with one attached hydrogen (secondary N) is 1. The topological polar surface area (TPSA) is 89.8 Å². The summed E-state index contributed by atoms with van der Waals surface area (Å²) in [4.78, 5) is 2.03. The Morgan fingerprint density at radius 3 is 2.78 bits per heavy atom. The second-order valence-corrected chi connectivity index (χ2v) is 10.8. The summed E-state index contributed by atoms with van der Waals surface area (Å²) in [5, 5.41) is 4.96. The highest BCUT2D eigenvalue weighted by Crippen LogP contribution is 2.33. The zero-order chi connectivity index (χ0) is 19.6. The Morgan fingerprint density at radius 2 is 2.11 bits per heavy atom. The molecule has 1 aliphatic heterocycles. The Labute approximate surface area is 168 Å². The Kier molecular flexibility index (Phi) is 6.58. The van der Waals surface area contributed by atoms with Crippen molar-refractivity contribution in [1.29, 1.82) is 0 Å². The molecule has 0 saturated carbocycles. The monoisotopic (exact) mass is 432 g/mol. The normalized spacial score (nSPS) is 19.3. The second-order valence-electron chi connectivity index (χ2n) is 6.78. The van der Waals surface area contributed by atoms with E-state index in [1.165, 1.54) is 0 Å². The van der Waals surface area contributed by atoms with Crippen molar-refractivity contribution in [3.05, 3.63) is 28.9 Å². The first-order valence-corrected chi connectivity index (χ1v) is 12.6. The van der Waals surface area contributed by atoms with E-state index < -0.39 is 21.2 Å². The van der Waals surface area contributed by atoms with Gasteiger partial charge in [-0.3, -0.25) is 0 Å². The van der Waals surface area contributed by atoms with Crippen LogP contribution >= 0.6 is 11.6 Å². The lowest BCUT2D eigenvalue weighted by molar-refractivity contribution is 0.561. The molecule has 2 aromatic heterocycles. The van der Waals surface area contributed by atoms with Gasteiger partial charge in [-0.25, -0.2) is 12.9 Å². The highest BCUT2D eigenvalue weighted by Gasteiger charge is 2.28. The zero-order valence-corrected chi connectivity index (χ0v) is 17.9. The van der Waals surface area contributed by atoms with E-state index in [0.717, 1.165) is 29.7 Å². The summed E-state index contributed by atoms with van der Waals surface area (Å²) in [6.07, 6.45) is 3.55. The molecule has 1 saturated heterocycles. The maximum Gasteiger partial charge on any atom is 0.153 e. The molecule has 0 spiro atoms. The number of rotatable bonds is 7. The minimum atomic E-state index is -3.00. The van der Waals surface area contributed by atoms with Gasteiger partial charge in [-0.05, 0) is 25.5 Å². The summed E-state index contributed by atoms with van der Waals surface area (Å²) < 4.78 is 40.9. The van der Waals surface area contributed by atoms with E-state index in [1.807, 2.05) is 24.0 Å². The quantitative estimate of drug-likeness (QED) is 0.675. The van der Waals surface area contributed by atoms with Crippen molar-refractivity contribution in [3.63, 3.8) is 0 Å². The lowest BCUT2D eigenvalue weighted by Crippen LogP contribution is -2.42. The van der Waals surface area contributed by atoms with Crippen LogP contribution in [0.3, 0.4) is 0 Å². The van der Waals surface area contributed by atoms with Crippen LogP contribution in [0.4, 0.5) is 5.82 Å². The molecule has 0 aliphatic carbocycles. The molecular formula is C17H25ClN4O3S2. The molecule has 1 aliphatic rings. The van der Waals surface area contributed by atoms with Crippen molar-refractivity contribution >= 4 is 44.1 Å². The largest absolute Gasteiger partial charge is 0.598 e. The molecule has 3 rings (SSSR count). The van der Waals surface area contributed by atoms with Gasteiger partial charge >= 0.3 is 0 Å². The third-order valence-corrected chi connectivity index (χ3v) is 7.92. The van der Waals surface area contributed by atoms with Gasteiger partial charge in [0.15, 0.2) is 9.84 Å². The number of pyridine rings is 1. The maximum atomic E-state index is 12.3. The van der Waals surface area contributed by atoms with Gasteiger partial charge in [0, 0.05) is 30.0 Å². The van der Waals surface area contributed by atoms with E-state index in [0.29, 0.717) is 23.9 Å². The number of sulfone groups is 1. The van der Waals surface area contributed by atoms with Gasteiger partial charge in [0.25, 0.3) is 0 Å². The number of hydrogen-bond donors (Lipinski definition) is 1. The number of fused-ring (bicyclic) bond motifs is 1. The molecule has 1 fully saturated rings. The van der Waals surface area contributed by atoms with Gasteiger partial charge in [0.2, 0.25) is 0 Å². The van der Waals surface area contributed by atoms with Crippen molar-refractivity contribution in [1.82, 2.24) is 14.3 Å². The first-order valence-electron chi connectivity index (χ1n) is 9.08. The van der Waals surface area contributed by atoms with E-state index in [-0.39, 0.29) is 17.5 Å². The maximum absolute atomic E-state index is 12.3. The minimum Gasteiger partial charge on any atom is -0.598 e. The number of aromatic nitrogens is 2. The first kappa shape index (κ1) is 20.7. The molecule has 2 aromatic rings. The average molecular weight is 433 g/mol. The van der Waals surface area contributed by atoms with Gasteiger partial charge in [-0.1, -0.05) is 24.9 Å². The fourth-order valence-corrected chi connectivity index (χ4v) is 5.86. The van der Waals surface area contributed by atoms with Gasteiger partial charge in [0.1, 0.15) is 11.6 Å². The average Bonchev–Trinajstić information content (AvgIpc) is 3.10. The number of nitrogens with zero attached hydrogens (tertiary/aromatic N) is 3. The lowest BCUT2D eigenvalue weighted by Gasteiger charge is -2.32. The predicted octanol–water partition coefficient (Wildman–Crippen LogP) is 2.34. The Bertz CT molecular complexity index is 889. The summed E-state index contributed by atoms with van der Waals surface area (Å²) in [6, 6.07) is 3.47. The molecule has 1 N–H and O–H groups in total. The molecule has 0 amide bonds. The molecule has 2 atom stereocenters. The number of anilines is 1. The highest BCUT2D eigenvalue weighted by atomic mass is 35.5. The van der Waals surface area contributed by atoms with Gasteiger partial charge < -0.3 is 9.45 Å². The lowest BCUT2D eigenvalue weighted by atomic mass is 10.1. The minimum absolute atomic E-state index is 0.113. The van der Waals surface area contributed by atoms with Gasteiger partial charge in [0.05, 0.1) is 34.3 Å². The van der Waals surface area contributed by atoms with Crippen LogP contribution < -0.4 is 9.62 Å². The molecule has 150 valence electrons. The SMILES string of the molecule is CCCC[S@+]([O-])N[C@@H](C)c1cc(Cl)c2ccnn2c1N1CCS(=O)(=O)CC1. The standard InChI is InChI=1S/C17H25ClN4O3S2/c1-3-4-9-26(23)20-13(2)14-12-15(18)16-5-6-19-22(16)17(14)21-7-10-27(24,25)11-8-21/h5-6,12-13,20H,3-4,7-11H2,1-2H3/t13-,26-/m0/s1. The van der Waals surface area contributed by atoms with Crippen molar-refractivity contribution < 1.29 is 13.0 Å². The molecule has 27 heavy (non-hydrogen) atoms. The number of unbranched alkanes of at least 4 members (excludes halogenated alkanes) is 1. The second kappa shape index (κ2) is 8.57. The molecule has 0 unspecified atom stereocenters. The summed E-state index contributed by atoms with van der Waals surface area (Å²) in [5.74, 6) is 1.63. The third-order valence-electron chi connectivity index (χ3n) is 4.73. The Balaban J connectivity index is 1.96. The van der Waals surface area contributed by atoms with Crippen LogP contribution in [-0.2, 0) is 21.2 Å². The van der Waals surface area contributed by atoms with Crippen LogP contribution in [0.25, 0.3) is 5.52 Å². The van der Waals surface area contributed by atoms with Crippen LogP contribution in [0.1, 0.15) is 38.3 Å². The van der Waals surface area contributed by atoms with Crippen LogP contribution in [0.15, 0.2) is 18.3 Å². The molecular weight excluding hydrogens is 408 g/mol. The Morgan fingerprint density at radius 1 is 1.41 bits per heavy atom. The van der Waals surface area contributed by atoms with E-state index in [1.54, 1.807) is 10.7 Å². The molecule has 10 heteroatoms. The summed E-state index contributed by atoms with van der Waals surface area (Å²) >= 11 is 5.30. The molecule has 0 aromatic carbocycles. The van der Waals surface area contributed by atoms with E-state index in [4.69, 9.17) is 11.6 Å². The van der Waals surface area contributed by atoms with Crippen LogP contribution in [0.2, 0.25) is 5.02 Å². The van der Waals surface area contributed by atoms with E-state index in [2.05, 4.69) is 16.7 Å². The zero-order valence-electron chi connectivity index (χ0n) is 15.5. The Hall–Kier alpha value is -1.00. The fourth-order valence-electron chi connectivity index (χ4n) is 3.20. The predicted molar refractivity (Wildman–Crippen MR) is 111 cm³/mol. The molecule has 0 radical (unpaired) electrons. The molecule has 7 nitrogen and oxygen atoms in total. The van der Waals surface area contributed by atoms with Crippen molar-refractivity contribution in [2.75, 3.05) is 35.2 Å². The molecule has 3 heterocycles. The number of hydrogen-bond acceptors (Lipinski definition) is 6. The van der Waals surface area contributed by atoms with Gasteiger partial charge in [-0.2, -0.15) is 5.10 Å². The van der Waals surface area contributed by atoms with E-state index >= 15 is 0 Å². The van der Waals surface area contributed by atoms with Crippen LogP contribution in [0.5, 0.6) is 0 Å². The van der Waals surface area contributed by atoms with Crippen molar-refractivity contribution in [2.45, 2.75) is 32.7 Å². The van der Waals surface area contributed by atoms with Gasteiger partial charge in [-0.15, -0.1) is 4.72 Å². The first-order chi connectivity index (χ1) is 12.8. The summed E-state index contributed by atoms with van der Waals surface area (Å²) in [5.41, 5.74) is 1.63. The van der Waals surface area contributed by atoms with E-state index in [9.17, 15) is 13.0 Å². The fraction of sp³-hybridized carbons (Fsp3) is 0.588. The summed E-state index contributed by atoms with van der Waals surface area (Å²) in [7, 11) is -3.00. The van der Waals surface area contributed by atoms with Crippen molar-refractivity contribution in [2.24, 2.45) is 0 Å². The van der Waals surface area contributed by atoms with Crippen molar-refractivity contribution in [3.8, 4) is 0 Å². The van der Waals surface area contributed by atoms with Crippen LogP contribution in [-0.4, -0.2) is 52.9 Å². The summed E-state index contributed by atoms with van der Waals surface area (Å²) in [6.45, 7) is 4.80. The number of halogens is 1. The van der Waals surface area contributed by atoms with Crippen LogP contribution in [0, 0.1) is 0 Å². The highest BCUT2D eigenvalue weighted by molar-refractivity contribution is 7.91.